The third-order valence-corrected chi connectivity index (χ3v) is 5.95. The van der Waals surface area contributed by atoms with E-state index in [-0.39, 0.29) is 6.04 Å². The average Bonchev–Trinajstić information content (AvgIpc) is 3.33. The Hall–Kier alpha value is -3.13. The van der Waals surface area contributed by atoms with Gasteiger partial charge in [-0.1, -0.05) is 6.07 Å². The summed E-state index contributed by atoms with van der Waals surface area (Å²) in [7, 11) is 0. The maximum absolute atomic E-state index is 14.2. The molecule has 0 radical (unpaired) electrons. The highest BCUT2D eigenvalue weighted by molar-refractivity contribution is 7.15. The second-order valence-corrected chi connectivity index (χ2v) is 8.15. The minimum atomic E-state index is -0.494. The van der Waals surface area contributed by atoms with E-state index in [1.165, 1.54) is 6.20 Å². The number of nitrogens with zero attached hydrogens (tertiary/aromatic N) is 5. The molecule has 0 amide bonds. The number of aromatic nitrogens is 5. The quantitative estimate of drug-likeness (QED) is 0.457. The largest absolute Gasteiger partial charge is 0.493 e. The molecule has 8 heteroatoms. The van der Waals surface area contributed by atoms with Crippen molar-refractivity contribution in [3.05, 3.63) is 53.7 Å². The SMILES string of the molecule is CC(C)n1ncnc1-c1nc2c(s1)CCOc1ccc(-c3cccnc3F)cc1-2. The van der Waals surface area contributed by atoms with Crippen LogP contribution in [0, 0.1) is 5.95 Å². The van der Waals surface area contributed by atoms with Crippen molar-refractivity contribution in [3.63, 3.8) is 0 Å². The smallest absolute Gasteiger partial charge is 0.220 e. The number of pyridine rings is 1. The molecule has 0 spiro atoms. The summed E-state index contributed by atoms with van der Waals surface area (Å²) in [4.78, 5) is 14.2. The first-order valence-electron chi connectivity index (χ1n) is 9.39. The molecule has 29 heavy (non-hydrogen) atoms. The molecule has 1 aliphatic rings. The fraction of sp³-hybridized carbons (Fsp3) is 0.238. The van der Waals surface area contributed by atoms with Gasteiger partial charge in [0, 0.05) is 34.7 Å². The van der Waals surface area contributed by atoms with E-state index in [9.17, 15) is 4.39 Å². The monoisotopic (exact) mass is 407 g/mol. The van der Waals surface area contributed by atoms with Crippen LogP contribution in [0.25, 0.3) is 33.2 Å². The summed E-state index contributed by atoms with van der Waals surface area (Å²) < 4.78 is 22.0. The van der Waals surface area contributed by atoms with Crippen molar-refractivity contribution >= 4 is 11.3 Å². The summed E-state index contributed by atoms with van der Waals surface area (Å²) >= 11 is 1.61. The van der Waals surface area contributed by atoms with E-state index in [2.05, 4.69) is 28.9 Å². The second kappa shape index (κ2) is 7.04. The lowest BCUT2D eigenvalue weighted by atomic mass is 10.0. The van der Waals surface area contributed by atoms with E-state index in [0.717, 1.165) is 44.7 Å². The number of rotatable bonds is 3. The van der Waals surface area contributed by atoms with Crippen LogP contribution in [-0.2, 0) is 6.42 Å². The molecule has 0 saturated heterocycles. The van der Waals surface area contributed by atoms with Gasteiger partial charge >= 0.3 is 0 Å². The molecule has 1 aromatic carbocycles. The molecule has 5 rings (SSSR count). The minimum absolute atomic E-state index is 0.187. The number of fused-ring (bicyclic) bond motifs is 3. The van der Waals surface area contributed by atoms with Gasteiger partial charge in [0.1, 0.15) is 12.1 Å². The van der Waals surface area contributed by atoms with Gasteiger partial charge in [0.15, 0.2) is 10.8 Å². The first-order chi connectivity index (χ1) is 14.1. The Morgan fingerprint density at radius 2 is 2.07 bits per heavy atom. The summed E-state index contributed by atoms with van der Waals surface area (Å²) in [6.45, 7) is 4.70. The lowest BCUT2D eigenvalue weighted by Gasteiger charge is -2.10. The van der Waals surface area contributed by atoms with Gasteiger partial charge in [-0.15, -0.1) is 11.3 Å². The lowest BCUT2D eigenvalue weighted by molar-refractivity contribution is 0.327. The molecule has 0 bridgehead atoms. The van der Waals surface area contributed by atoms with Crippen LogP contribution in [-0.4, -0.2) is 31.3 Å². The Balaban J connectivity index is 1.65. The molecule has 4 aromatic rings. The number of ether oxygens (including phenoxy) is 1. The number of benzene rings is 1. The van der Waals surface area contributed by atoms with Gasteiger partial charge in [0.2, 0.25) is 5.95 Å². The molecule has 4 heterocycles. The highest BCUT2D eigenvalue weighted by Crippen LogP contribution is 2.42. The van der Waals surface area contributed by atoms with Gasteiger partial charge in [-0.2, -0.15) is 9.49 Å². The molecule has 146 valence electrons. The van der Waals surface area contributed by atoms with Crippen molar-refractivity contribution in [1.82, 2.24) is 24.7 Å². The Kier molecular flexibility index (Phi) is 4.35. The third kappa shape index (κ3) is 3.09. The highest BCUT2D eigenvalue weighted by atomic mass is 32.1. The summed E-state index contributed by atoms with van der Waals surface area (Å²) in [5, 5.41) is 5.15. The zero-order chi connectivity index (χ0) is 20.0. The summed E-state index contributed by atoms with van der Waals surface area (Å²) in [5.41, 5.74) is 2.92. The average molecular weight is 407 g/mol. The van der Waals surface area contributed by atoms with Crippen LogP contribution in [0.3, 0.4) is 0 Å². The molecule has 3 aromatic heterocycles. The van der Waals surface area contributed by atoms with Crippen molar-refractivity contribution in [1.29, 1.82) is 0 Å². The molecular weight excluding hydrogens is 389 g/mol. The summed E-state index contributed by atoms with van der Waals surface area (Å²) in [5.74, 6) is 1.01. The number of thiazole rings is 1. The van der Waals surface area contributed by atoms with Crippen molar-refractivity contribution in [3.8, 4) is 39.0 Å². The van der Waals surface area contributed by atoms with Crippen LogP contribution in [0.4, 0.5) is 4.39 Å². The zero-order valence-electron chi connectivity index (χ0n) is 16.0. The van der Waals surface area contributed by atoms with Crippen LogP contribution < -0.4 is 4.74 Å². The van der Waals surface area contributed by atoms with Gasteiger partial charge in [-0.3, -0.25) is 0 Å². The van der Waals surface area contributed by atoms with Gasteiger partial charge in [0.25, 0.3) is 0 Å². The van der Waals surface area contributed by atoms with Crippen LogP contribution in [0.2, 0.25) is 0 Å². The first-order valence-corrected chi connectivity index (χ1v) is 10.2. The Labute approximate surface area is 171 Å². The van der Waals surface area contributed by atoms with E-state index in [4.69, 9.17) is 9.72 Å². The molecule has 0 atom stereocenters. The number of hydrogen-bond acceptors (Lipinski definition) is 6. The Bertz CT molecular complexity index is 1200. The normalized spacial score (nSPS) is 13.0. The predicted octanol–water partition coefficient (Wildman–Crippen LogP) is 4.79. The Morgan fingerprint density at radius 1 is 1.17 bits per heavy atom. The van der Waals surface area contributed by atoms with Crippen LogP contribution in [0.5, 0.6) is 5.75 Å². The molecule has 1 aliphatic heterocycles. The molecule has 0 aliphatic carbocycles. The molecule has 0 N–H and O–H groups in total. The lowest BCUT2D eigenvalue weighted by Crippen LogP contribution is -2.04. The van der Waals surface area contributed by atoms with E-state index in [1.807, 2.05) is 22.9 Å². The minimum Gasteiger partial charge on any atom is -0.493 e. The highest BCUT2D eigenvalue weighted by Gasteiger charge is 2.24. The van der Waals surface area contributed by atoms with Crippen molar-refractivity contribution in [2.24, 2.45) is 0 Å². The van der Waals surface area contributed by atoms with Crippen molar-refractivity contribution in [2.75, 3.05) is 6.61 Å². The van der Waals surface area contributed by atoms with Crippen molar-refractivity contribution < 1.29 is 9.13 Å². The maximum atomic E-state index is 14.2. The maximum Gasteiger partial charge on any atom is 0.220 e. The summed E-state index contributed by atoms with van der Waals surface area (Å²) in [6.07, 6.45) is 3.76. The molecule has 0 fully saturated rings. The topological polar surface area (TPSA) is 65.7 Å². The Morgan fingerprint density at radius 3 is 2.90 bits per heavy atom. The molecule has 6 nitrogen and oxygen atoms in total. The van der Waals surface area contributed by atoms with E-state index in [1.54, 1.807) is 29.8 Å². The van der Waals surface area contributed by atoms with E-state index in [0.29, 0.717) is 12.2 Å². The van der Waals surface area contributed by atoms with Crippen LogP contribution in [0.1, 0.15) is 24.8 Å². The van der Waals surface area contributed by atoms with Gasteiger partial charge in [0.05, 0.1) is 12.3 Å². The first kappa shape index (κ1) is 17.9. The standard InChI is InChI=1S/C21H18FN5OS/c1-12(2)27-20(24-11-25-27)21-26-18-15-10-13(14-4-3-8-23-19(14)22)5-6-16(15)28-9-7-17(18)29-21/h3-6,8,10-12H,7,9H2,1-2H3. The predicted molar refractivity (Wildman–Crippen MR) is 109 cm³/mol. The number of hydrogen-bond donors (Lipinski definition) is 0. The van der Waals surface area contributed by atoms with Gasteiger partial charge in [-0.05, 0) is 43.7 Å². The van der Waals surface area contributed by atoms with Gasteiger partial charge < -0.3 is 4.74 Å². The van der Waals surface area contributed by atoms with E-state index < -0.39 is 5.95 Å². The summed E-state index contributed by atoms with van der Waals surface area (Å²) in [6, 6.07) is 9.29. The van der Waals surface area contributed by atoms with E-state index >= 15 is 0 Å². The van der Waals surface area contributed by atoms with Crippen molar-refractivity contribution in [2.45, 2.75) is 26.3 Å². The third-order valence-electron chi connectivity index (χ3n) is 4.84. The zero-order valence-corrected chi connectivity index (χ0v) is 16.8. The second-order valence-electron chi connectivity index (χ2n) is 7.06. The fourth-order valence-corrected chi connectivity index (χ4v) is 4.52. The molecule has 0 saturated carbocycles. The fourth-order valence-electron chi connectivity index (χ4n) is 3.47. The molecule has 0 unspecified atom stereocenters. The number of halogens is 1. The molecular formula is C21H18FN5OS. The van der Waals surface area contributed by atoms with Crippen LogP contribution in [0.15, 0.2) is 42.9 Å². The van der Waals surface area contributed by atoms with Crippen LogP contribution >= 0.6 is 11.3 Å². The van der Waals surface area contributed by atoms with Gasteiger partial charge in [-0.25, -0.2) is 19.6 Å².